The van der Waals surface area contributed by atoms with Crippen molar-refractivity contribution in [1.82, 2.24) is 20.2 Å². The summed E-state index contributed by atoms with van der Waals surface area (Å²) in [4.78, 5) is 32.4. The molecule has 0 aliphatic carbocycles. The Morgan fingerprint density at radius 3 is 2.67 bits per heavy atom. The molecule has 0 atom stereocenters. The summed E-state index contributed by atoms with van der Waals surface area (Å²) >= 11 is 8.62. The average molecular weight is 416 g/mol. The van der Waals surface area contributed by atoms with Gasteiger partial charge in [-0.3, -0.25) is 14.9 Å². The first-order chi connectivity index (χ1) is 13.1. The molecule has 2 N–H and O–H groups in total. The number of carbonyl (C=O) groups is 1. The lowest BCUT2D eigenvalue weighted by molar-refractivity contribution is 0.102. The summed E-state index contributed by atoms with van der Waals surface area (Å²) in [5, 5.41) is 14.1. The average Bonchev–Trinajstić information content (AvgIpc) is 3.33. The number of aromatic nitrogens is 4. The number of halogens is 1. The van der Waals surface area contributed by atoms with Crippen molar-refractivity contribution in [3.8, 4) is 21.3 Å². The van der Waals surface area contributed by atoms with Crippen LogP contribution in [0.1, 0.15) is 10.4 Å². The molecule has 0 unspecified atom stereocenters. The van der Waals surface area contributed by atoms with Crippen LogP contribution >= 0.6 is 34.3 Å². The molecule has 7 nitrogen and oxygen atoms in total. The van der Waals surface area contributed by atoms with Crippen LogP contribution in [-0.2, 0) is 0 Å². The van der Waals surface area contributed by atoms with Gasteiger partial charge in [-0.2, -0.15) is 0 Å². The molecule has 0 radical (unpaired) electrons. The second kappa shape index (κ2) is 7.39. The van der Waals surface area contributed by atoms with Gasteiger partial charge in [-0.1, -0.05) is 29.0 Å². The molecule has 0 aliphatic heterocycles. The number of amides is 1. The van der Waals surface area contributed by atoms with Crippen molar-refractivity contribution < 1.29 is 4.79 Å². The fraction of sp³-hybridized carbons (Fsp3) is 0. The van der Waals surface area contributed by atoms with E-state index >= 15 is 0 Å². The van der Waals surface area contributed by atoms with Gasteiger partial charge in [-0.05, 0) is 35.7 Å². The maximum atomic E-state index is 12.4. The van der Waals surface area contributed by atoms with Gasteiger partial charge in [-0.25, -0.2) is 4.98 Å². The molecule has 3 heterocycles. The number of hydrogen-bond donors (Lipinski definition) is 2. The summed E-state index contributed by atoms with van der Waals surface area (Å²) in [7, 11) is 0. The quantitative estimate of drug-likeness (QED) is 0.526. The third-order valence-electron chi connectivity index (χ3n) is 3.54. The number of nitrogens with one attached hydrogen (secondary N) is 2. The van der Waals surface area contributed by atoms with Crippen LogP contribution in [0, 0.1) is 0 Å². The van der Waals surface area contributed by atoms with Gasteiger partial charge in [0.15, 0.2) is 5.01 Å². The Bertz CT molecular complexity index is 1150. The van der Waals surface area contributed by atoms with Crippen LogP contribution in [0.5, 0.6) is 0 Å². The number of H-pyrrole nitrogens is 1. The maximum Gasteiger partial charge on any atom is 0.264 e. The van der Waals surface area contributed by atoms with Gasteiger partial charge in [0.05, 0.1) is 4.88 Å². The highest BCUT2D eigenvalue weighted by Gasteiger charge is 2.16. The van der Waals surface area contributed by atoms with Gasteiger partial charge in [0.2, 0.25) is 5.13 Å². The van der Waals surface area contributed by atoms with E-state index in [1.165, 1.54) is 28.9 Å². The van der Waals surface area contributed by atoms with E-state index in [1.807, 2.05) is 17.5 Å². The van der Waals surface area contributed by atoms with Crippen LogP contribution in [-0.4, -0.2) is 26.1 Å². The van der Waals surface area contributed by atoms with E-state index in [0.717, 1.165) is 4.88 Å². The zero-order chi connectivity index (χ0) is 18.8. The van der Waals surface area contributed by atoms with Gasteiger partial charge in [0.25, 0.3) is 11.5 Å². The monoisotopic (exact) mass is 415 g/mol. The van der Waals surface area contributed by atoms with E-state index in [9.17, 15) is 9.59 Å². The third-order valence-corrected chi connectivity index (χ3v) is 5.67. The van der Waals surface area contributed by atoms with Crippen molar-refractivity contribution in [2.24, 2.45) is 0 Å². The van der Waals surface area contributed by atoms with Crippen LogP contribution in [0.3, 0.4) is 0 Å². The van der Waals surface area contributed by atoms with Crippen molar-refractivity contribution in [3.63, 3.8) is 0 Å². The predicted octanol–water partition coefficient (Wildman–Crippen LogP) is 3.92. The summed E-state index contributed by atoms with van der Waals surface area (Å²) in [6.45, 7) is 0. The fourth-order valence-corrected chi connectivity index (χ4v) is 3.91. The minimum absolute atomic E-state index is 0.111. The number of benzene rings is 1. The number of aromatic amines is 1. The van der Waals surface area contributed by atoms with E-state index in [-0.39, 0.29) is 5.56 Å². The number of rotatable bonds is 4. The first-order valence-electron chi connectivity index (χ1n) is 7.64. The minimum atomic E-state index is -0.597. The Balaban J connectivity index is 1.54. The number of thiophene rings is 1. The Hall–Kier alpha value is -2.88. The SMILES string of the molecule is O=C(Nc1nnc(-c2cccs2)s1)c1cnc(-c2ccc(Cl)cc2)[nH]c1=O. The first-order valence-corrected chi connectivity index (χ1v) is 9.71. The summed E-state index contributed by atoms with van der Waals surface area (Å²) in [5.41, 5.74) is 0.0317. The van der Waals surface area contributed by atoms with Crippen molar-refractivity contribution in [2.75, 3.05) is 5.32 Å². The molecule has 0 saturated carbocycles. The molecule has 10 heteroatoms. The molecule has 1 amide bonds. The van der Waals surface area contributed by atoms with Crippen LogP contribution in [0.4, 0.5) is 5.13 Å². The highest BCUT2D eigenvalue weighted by molar-refractivity contribution is 7.23. The normalized spacial score (nSPS) is 10.7. The van der Waals surface area contributed by atoms with E-state index in [1.54, 1.807) is 24.3 Å². The van der Waals surface area contributed by atoms with Gasteiger partial charge >= 0.3 is 0 Å². The van der Waals surface area contributed by atoms with Crippen LogP contribution in [0.15, 0.2) is 52.8 Å². The zero-order valence-corrected chi connectivity index (χ0v) is 15.9. The van der Waals surface area contributed by atoms with Gasteiger partial charge < -0.3 is 4.98 Å². The fourth-order valence-electron chi connectivity index (χ4n) is 2.25. The molecule has 0 saturated heterocycles. The Kier molecular flexibility index (Phi) is 4.80. The lowest BCUT2D eigenvalue weighted by Crippen LogP contribution is -2.24. The highest BCUT2D eigenvalue weighted by atomic mass is 35.5. The third kappa shape index (κ3) is 3.80. The predicted molar refractivity (Wildman–Crippen MR) is 106 cm³/mol. The van der Waals surface area contributed by atoms with Gasteiger partial charge in [0.1, 0.15) is 11.4 Å². The molecule has 1 aromatic carbocycles. The summed E-state index contributed by atoms with van der Waals surface area (Å²) in [5.74, 6) is -0.246. The van der Waals surface area contributed by atoms with E-state index < -0.39 is 11.5 Å². The summed E-state index contributed by atoms with van der Waals surface area (Å²) < 4.78 is 0. The standard InChI is InChI=1S/C17H10ClN5O2S2/c18-10-5-3-9(4-6-10)13-19-8-11(14(24)20-13)15(25)21-17-23-22-16(27-17)12-2-1-7-26-12/h1-8H,(H,19,20,24)(H,21,23,25). The molecule has 0 fully saturated rings. The van der Waals surface area contributed by atoms with Crippen molar-refractivity contribution in [2.45, 2.75) is 0 Å². The molecule has 0 spiro atoms. The first kappa shape index (κ1) is 17.5. The topological polar surface area (TPSA) is 101 Å². The van der Waals surface area contributed by atoms with Gasteiger partial charge in [-0.15, -0.1) is 21.5 Å². The highest BCUT2D eigenvalue weighted by Crippen LogP contribution is 2.29. The Morgan fingerprint density at radius 1 is 1.15 bits per heavy atom. The molecule has 0 aliphatic rings. The molecule has 0 bridgehead atoms. The van der Waals surface area contributed by atoms with Crippen LogP contribution in [0.2, 0.25) is 5.02 Å². The second-order valence-electron chi connectivity index (χ2n) is 5.33. The molecular weight excluding hydrogens is 406 g/mol. The molecule has 4 rings (SSSR count). The molecular formula is C17H10ClN5O2S2. The zero-order valence-electron chi connectivity index (χ0n) is 13.5. The summed E-state index contributed by atoms with van der Waals surface area (Å²) in [6.07, 6.45) is 1.24. The molecule has 134 valence electrons. The lowest BCUT2D eigenvalue weighted by Gasteiger charge is -2.03. The Morgan fingerprint density at radius 2 is 1.96 bits per heavy atom. The number of nitrogens with zero attached hydrogens (tertiary/aromatic N) is 3. The van der Waals surface area contributed by atoms with Crippen molar-refractivity contribution >= 4 is 45.3 Å². The molecule has 27 heavy (non-hydrogen) atoms. The molecule has 4 aromatic rings. The number of hydrogen-bond acceptors (Lipinski definition) is 7. The number of carbonyl (C=O) groups excluding carboxylic acids is 1. The van der Waals surface area contributed by atoms with E-state index in [4.69, 9.17) is 11.6 Å². The van der Waals surface area contributed by atoms with Crippen molar-refractivity contribution in [3.05, 3.63) is 68.9 Å². The number of anilines is 1. The maximum absolute atomic E-state index is 12.4. The smallest absolute Gasteiger partial charge is 0.264 e. The second-order valence-corrected chi connectivity index (χ2v) is 7.69. The van der Waals surface area contributed by atoms with E-state index in [2.05, 4.69) is 25.5 Å². The van der Waals surface area contributed by atoms with Crippen LogP contribution in [0.25, 0.3) is 21.3 Å². The van der Waals surface area contributed by atoms with Gasteiger partial charge in [0, 0.05) is 16.8 Å². The van der Waals surface area contributed by atoms with E-state index in [0.29, 0.717) is 26.5 Å². The Labute approximate surface area is 165 Å². The summed E-state index contributed by atoms with van der Waals surface area (Å²) in [6, 6.07) is 10.7. The minimum Gasteiger partial charge on any atom is -0.306 e. The molecule has 3 aromatic heterocycles. The largest absolute Gasteiger partial charge is 0.306 e. The lowest BCUT2D eigenvalue weighted by atomic mass is 10.2. The van der Waals surface area contributed by atoms with Crippen molar-refractivity contribution in [1.29, 1.82) is 0 Å². The van der Waals surface area contributed by atoms with Crippen LogP contribution < -0.4 is 10.9 Å².